The van der Waals surface area contributed by atoms with E-state index in [1.54, 1.807) is 7.11 Å². The fraction of sp³-hybridized carbons (Fsp3) is 0.571. The summed E-state index contributed by atoms with van der Waals surface area (Å²) in [6.07, 6.45) is 2.10. The highest BCUT2D eigenvalue weighted by molar-refractivity contribution is 5.21. The van der Waals surface area contributed by atoms with Crippen molar-refractivity contribution in [1.82, 2.24) is 5.32 Å². The third kappa shape index (κ3) is 5.82. The number of hydrogen-bond acceptors (Lipinski definition) is 3. The van der Waals surface area contributed by atoms with Crippen LogP contribution in [0.1, 0.15) is 24.0 Å². The molecule has 0 fully saturated rings. The Morgan fingerprint density at radius 1 is 1.29 bits per heavy atom. The lowest BCUT2D eigenvalue weighted by atomic mass is 10.1. The largest absolute Gasteiger partial charge is 0.383 e. The van der Waals surface area contributed by atoms with Gasteiger partial charge in [-0.25, -0.2) is 0 Å². The van der Waals surface area contributed by atoms with Crippen LogP contribution in [0.5, 0.6) is 0 Å². The highest BCUT2D eigenvalue weighted by Crippen LogP contribution is 2.04. The predicted octanol–water partition coefficient (Wildman–Crippen LogP) is 1.84. The molecule has 96 valence electrons. The number of benzene rings is 1. The van der Waals surface area contributed by atoms with E-state index in [-0.39, 0.29) is 0 Å². The first-order valence-electron chi connectivity index (χ1n) is 6.24. The number of rotatable bonds is 8. The molecule has 3 N–H and O–H groups in total. The molecule has 0 radical (unpaired) electrons. The summed E-state index contributed by atoms with van der Waals surface area (Å²) in [4.78, 5) is 0. The Morgan fingerprint density at radius 2 is 2.00 bits per heavy atom. The summed E-state index contributed by atoms with van der Waals surface area (Å²) in [6.45, 7) is 4.48. The van der Waals surface area contributed by atoms with Crippen LogP contribution in [0.25, 0.3) is 0 Å². The van der Waals surface area contributed by atoms with Crippen LogP contribution in [0.3, 0.4) is 0 Å². The van der Waals surface area contributed by atoms with E-state index in [0.29, 0.717) is 6.04 Å². The Bertz CT molecular complexity index is 298. The summed E-state index contributed by atoms with van der Waals surface area (Å²) in [5, 5.41) is 3.51. The number of hydrogen-bond donors (Lipinski definition) is 2. The summed E-state index contributed by atoms with van der Waals surface area (Å²) in [7, 11) is 1.74. The van der Waals surface area contributed by atoms with Gasteiger partial charge in [-0.15, -0.1) is 0 Å². The molecule has 0 spiro atoms. The molecular formula is C14H24N2O. The average Bonchev–Trinajstić information content (AvgIpc) is 2.35. The molecule has 0 saturated carbocycles. The highest BCUT2D eigenvalue weighted by Gasteiger charge is 2.06. The molecule has 0 heterocycles. The van der Waals surface area contributed by atoms with Gasteiger partial charge in [0.1, 0.15) is 0 Å². The number of nitrogens with one attached hydrogen (secondary N) is 1. The van der Waals surface area contributed by atoms with Crippen molar-refractivity contribution in [3.63, 3.8) is 0 Å². The quantitative estimate of drug-likeness (QED) is 0.724. The molecule has 0 aromatic heterocycles. The fourth-order valence-corrected chi connectivity index (χ4v) is 1.78. The van der Waals surface area contributed by atoms with E-state index < -0.39 is 0 Å². The topological polar surface area (TPSA) is 47.3 Å². The molecule has 3 heteroatoms. The van der Waals surface area contributed by atoms with Crippen molar-refractivity contribution >= 4 is 0 Å². The molecular weight excluding hydrogens is 212 g/mol. The minimum absolute atomic E-state index is 0.393. The predicted molar refractivity (Wildman–Crippen MR) is 72.0 cm³/mol. The third-order valence-electron chi connectivity index (χ3n) is 2.84. The smallest absolute Gasteiger partial charge is 0.0615 e. The average molecular weight is 236 g/mol. The van der Waals surface area contributed by atoms with E-state index in [2.05, 4.69) is 36.5 Å². The van der Waals surface area contributed by atoms with E-state index in [0.717, 1.165) is 32.5 Å². The molecule has 3 nitrogen and oxygen atoms in total. The van der Waals surface area contributed by atoms with Gasteiger partial charge in [-0.2, -0.15) is 0 Å². The second-order valence-corrected chi connectivity index (χ2v) is 4.45. The monoisotopic (exact) mass is 236 g/mol. The molecule has 17 heavy (non-hydrogen) atoms. The Hall–Kier alpha value is -0.900. The fourth-order valence-electron chi connectivity index (χ4n) is 1.78. The SMILES string of the molecule is COCC(CCCN)NCc1ccc(C)cc1. The van der Waals surface area contributed by atoms with Crippen molar-refractivity contribution in [2.45, 2.75) is 32.4 Å². The van der Waals surface area contributed by atoms with Crippen molar-refractivity contribution in [1.29, 1.82) is 0 Å². The van der Waals surface area contributed by atoms with Crippen molar-refractivity contribution in [2.24, 2.45) is 5.73 Å². The van der Waals surface area contributed by atoms with Crippen LogP contribution in [-0.4, -0.2) is 26.3 Å². The summed E-state index contributed by atoms with van der Waals surface area (Å²) in [6, 6.07) is 9.00. The second kappa shape index (κ2) is 8.23. The summed E-state index contributed by atoms with van der Waals surface area (Å²) >= 11 is 0. The van der Waals surface area contributed by atoms with Crippen LogP contribution in [0.15, 0.2) is 24.3 Å². The first kappa shape index (κ1) is 14.2. The second-order valence-electron chi connectivity index (χ2n) is 4.45. The van der Waals surface area contributed by atoms with Crippen LogP contribution in [-0.2, 0) is 11.3 Å². The number of ether oxygens (including phenoxy) is 1. The van der Waals surface area contributed by atoms with Gasteiger partial charge < -0.3 is 15.8 Å². The maximum atomic E-state index is 5.53. The zero-order valence-corrected chi connectivity index (χ0v) is 10.9. The number of aryl methyl sites for hydroxylation is 1. The van der Waals surface area contributed by atoms with E-state index in [1.165, 1.54) is 11.1 Å². The van der Waals surface area contributed by atoms with Crippen molar-refractivity contribution in [3.05, 3.63) is 35.4 Å². The molecule has 1 rings (SSSR count). The van der Waals surface area contributed by atoms with Crippen LogP contribution < -0.4 is 11.1 Å². The van der Waals surface area contributed by atoms with E-state index >= 15 is 0 Å². The lowest BCUT2D eigenvalue weighted by molar-refractivity contribution is 0.161. The van der Waals surface area contributed by atoms with Gasteiger partial charge in [-0.1, -0.05) is 29.8 Å². The summed E-state index contributed by atoms with van der Waals surface area (Å²) < 4.78 is 5.21. The van der Waals surface area contributed by atoms with Gasteiger partial charge in [0, 0.05) is 19.7 Å². The maximum absolute atomic E-state index is 5.53. The third-order valence-corrected chi connectivity index (χ3v) is 2.84. The van der Waals surface area contributed by atoms with Gasteiger partial charge in [-0.05, 0) is 31.9 Å². The minimum Gasteiger partial charge on any atom is -0.383 e. The normalized spacial score (nSPS) is 12.6. The van der Waals surface area contributed by atoms with E-state index in [1.807, 2.05) is 0 Å². The Balaban J connectivity index is 2.37. The van der Waals surface area contributed by atoms with Gasteiger partial charge in [-0.3, -0.25) is 0 Å². The first-order chi connectivity index (χ1) is 8.26. The van der Waals surface area contributed by atoms with Gasteiger partial charge in [0.15, 0.2) is 0 Å². The standard InChI is InChI=1S/C14H24N2O/c1-12-5-7-13(8-6-12)10-16-14(11-17-2)4-3-9-15/h5-8,14,16H,3-4,9-11,15H2,1-2H3. The molecule has 1 aromatic rings. The van der Waals surface area contributed by atoms with Crippen LogP contribution >= 0.6 is 0 Å². The molecule has 0 bridgehead atoms. The number of nitrogens with two attached hydrogens (primary N) is 1. The molecule has 1 atom stereocenters. The van der Waals surface area contributed by atoms with Crippen LogP contribution in [0, 0.1) is 6.92 Å². The van der Waals surface area contributed by atoms with Crippen molar-refractivity contribution in [2.75, 3.05) is 20.3 Å². The lowest BCUT2D eigenvalue weighted by Gasteiger charge is -2.17. The van der Waals surface area contributed by atoms with Gasteiger partial charge in [0.05, 0.1) is 6.61 Å². The van der Waals surface area contributed by atoms with Crippen molar-refractivity contribution < 1.29 is 4.74 Å². The molecule has 0 saturated heterocycles. The van der Waals surface area contributed by atoms with Crippen LogP contribution in [0.2, 0.25) is 0 Å². The highest BCUT2D eigenvalue weighted by atomic mass is 16.5. The zero-order valence-electron chi connectivity index (χ0n) is 10.9. The van der Waals surface area contributed by atoms with E-state index in [9.17, 15) is 0 Å². The molecule has 1 unspecified atom stereocenters. The first-order valence-corrected chi connectivity index (χ1v) is 6.24. The Morgan fingerprint density at radius 3 is 2.59 bits per heavy atom. The van der Waals surface area contributed by atoms with Crippen molar-refractivity contribution in [3.8, 4) is 0 Å². The minimum atomic E-state index is 0.393. The molecule has 0 aliphatic heterocycles. The molecule has 0 aliphatic carbocycles. The summed E-state index contributed by atoms with van der Waals surface area (Å²) in [5.41, 5.74) is 8.13. The maximum Gasteiger partial charge on any atom is 0.0615 e. The molecule has 1 aromatic carbocycles. The van der Waals surface area contributed by atoms with Gasteiger partial charge >= 0.3 is 0 Å². The summed E-state index contributed by atoms with van der Waals surface area (Å²) in [5.74, 6) is 0. The zero-order chi connectivity index (χ0) is 12.5. The molecule has 0 amide bonds. The Kier molecular flexibility index (Phi) is 6.86. The van der Waals surface area contributed by atoms with Crippen LogP contribution in [0.4, 0.5) is 0 Å². The number of methoxy groups -OCH3 is 1. The molecule has 0 aliphatic rings. The van der Waals surface area contributed by atoms with Gasteiger partial charge in [0.25, 0.3) is 0 Å². The Labute approximate surface area is 104 Å². The lowest BCUT2D eigenvalue weighted by Crippen LogP contribution is -2.33. The van der Waals surface area contributed by atoms with E-state index in [4.69, 9.17) is 10.5 Å². The van der Waals surface area contributed by atoms with Gasteiger partial charge in [0.2, 0.25) is 0 Å².